The fourth-order valence-corrected chi connectivity index (χ4v) is 4.10. The van der Waals surface area contributed by atoms with Crippen LogP contribution in [0, 0.1) is 5.95 Å². The molecule has 0 aliphatic carbocycles. The van der Waals surface area contributed by atoms with E-state index < -0.39 is 11.9 Å². The molecule has 0 spiro atoms. The minimum Gasteiger partial charge on any atom is -0.481 e. The molecule has 0 saturated carbocycles. The fraction of sp³-hybridized carbons (Fsp3) is 0.250. The normalized spacial score (nSPS) is 15.3. The second kappa shape index (κ2) is 9.71. The average Bonchev–Trinajstić information content (AvgIpc) is 2.95. The van der Waals surface area contributed by atoms with Gasteiger partial charge in [0.05, 0.1) is 21.9 Å². The highest BCUT2D eigenvalue weighted by Crippen LogP contribution is 2.33. The maximum absolute atomic E-state index is 13.9. The molecule has 0 atom stereocenters. The number of pyridine rings is 2. The fourth-order valence-electron chi connectivity index (χ4n) is 2.81. The van der Waals surface area contributed by atoms with Crippen molar-refractivity contribution >= 4 is 46.3 Å². The van der Waals surface area contributed by atoms with Crippen LogP contribution < -0.4 is 0 Å². The third kappa shape index (κ3) is 5.45. The van der Waals surface area contributed by atoms with Crippen LogP contribution in [0.2, 0.25) is 0 Å². The molecular formula is C20H18FN3O3S2. The van der Waals surface area contributed by atoms with E-state index >= 15 is 0 Å². The Labute approximate surface area is 176 Å². The Balaban J connectivity index is 1.69. The third-order valence-electron chi connectivity index (χ3n) is 4.23. The van der Waals surface area contributed by atoms with Crippen molar-refractivity contribution < 1.29 is 19.1 Å². The van der Waals surface area contributed by atoms with Crippen LogP contribution in [0.5, 0.6) is 0 Å². The van der Waals surface area contributed by atoms with Gasteiger partial charge in [-0.05, 0) is 43.2 Å². The molecule has 0 aromatic carbocycles. The molecule has 9 heteroatoms. The van der Waals surface area contributed by atoms with Gasteiger partial charge in [-0.2, -0.15) is 4.39 Å². The average molecular weight is 432 g/mol. The number of aromatic nitrogens is 2. The highest BCUT2D eigenvalue weighted by molar-refractivity contribution is 8.26. The number of unbranched alkanes of at least 4 members (excludes halogenated alkanes) is 2. The zero-order valence-corrected chi connectivity index (χ0v) is 17.0. The van der Waals surface area contributed by atoms with E-state index in [1.165, 1.54) is 22.9 Å². The van der Waals surface area contributed by atoms with Gasteiger partial charge in [0, 0.05) is 19.2 Å². The van der Waals surface area contributed by atoms with Gasteiger partial charge in [-0.15, -0.1) is 0 Å². The van der Waals surface area contributed by atoms with Crippen LogP contribution in [-0.2, 0) is 9.59 Å². The minimum absolute atomic E-state index is 0.123. The number of carboxylic acid groups (broad SMARTS) is 1. The van der Waals surface area contributed by atoms with Crippen LogP contribution in [0.4, 0.5) is 4.39 Å². The Hall–Kier alpha value is -2.65. The zero-order valence-electron chi connectivity index (χ0n) is 15.4. The molecule has 29 heavy (non-hydrogen) atoms. The molecule has 6 nitrogen and oxygen atoms in total. The van der Waals surface area contributed by atoms with Gasteiger partial charge >= 0.3 is 5.97 Å². The van der Waals surface area contributed by atoms with Gasteiger partial charge in [-0.25, -0.2) is 9.97 Å². The lowest BCUT2D eigenvalue weighted by Crippen LogP contribution is -2.29. The van der Waals surface area contributed by atoms with Crippen LogP contribution in [0.25, 0.3) is 17.3 Å². The Morgan fingerprint density at radius 3 is 2.83 bits per heavy atom. The van der Waals surface area contributed by atoms with Crippen molar-refractivity contribution in [3.8, 4) is 11.3 Å². The molecule has 1 saturated heterocycles. The molecular weight excluding hydrogens is 413 g/mol. The van der Waals surface area contributed by atoms with Crippen LogP contribution >= 0.6 is 24.0 Å². The predicted molar refractivity (Wildman–Crippen MR) is 113 cm³/mol. The monoisotopic (exact) mass is 431 g/mol. The zero-order chi connectivity index (χ0) is 20.8. The van der Waals surface area contributed by atoms with Crippen molar-refractivity contribution in [2.45, 2.75) is 25.7 Å². The lowest BCUT2D eigenvalue weighted by atomic mass is 10.1. The molecule has 3 heterocycles. The molecule has 2 aromatic heterocycles. The maximum Gasteiger partial charge on any atom is 0.303 e. The van der Waals surface area contributed by atoms with Gasteiger partial charge in [0.15, 0.2) is 0 Å². The van der Waals surface area contributed by atoms with Crippen molar-refractivity contribution in [1.29, 1.82) is 0 Å². The number of rotatable bonds is 8. The topological polar surface area (TPSA) is 83.4 Å². The lowest BCUT2D eigenvalue weighted by Gasteiger charge is -2.13. The van der Waals surface area contributed by atoms with E-state index in [1.54, 1.807) is 36.4 Å². The Kier molecular flexibility index (Phi) is 7.05. The number of aliphatic carboxylic acids is 1. The molecule has 1 amide bonds. The SMILES string of the molecule is O=C(O)CCCCCN1C(=O)C(=Cc2cccc(-c3cccnc3F)n2)SC1=S. The molecule has 1 aliphatic rings. The van der Waals surface area contributed by atoms with Gasteiger partial charge in [-0.1, -0.05) is 36.5 Å². The summed E-state index contributed by atoms with van der Waals surface area (Å²) in [7, 11) is 0. The summed E-state index contributed by atoms with van der Waals surface area (Å²) in [5.41, 5.74) is 1.24. The molecule has 3 rings (SSSR count). The van der Waals surface area contributed by atoms with Crippen molar-refractivity contribution in [3.05, 3.63) is 53.1 Å². The van der Waals surface area contributed by atoms with Crippen LogP contribution in [0.1, 0.15) is 31.4 Å². The number of halogens is 1. The molecule has 0 unspecified atom stereocenters. The molecule has 1 N–H and O–H groups in total. The van der Waals surface area contributed by atoms with Crippen molar-refractivity contribution in [3.63, 3.8) is 0 Å². The maximum atomic E-state index is 13.9. The van der Waals surface area contributed by atoms with Crippen LogP contribution in [0.15, 0.2) is 41.4 Å². The van der Waals surface area contributed by atoms with Crippen molar-refractivity contribution in [2.24, 2.45) is 0 Å². The number of thioether (sulfide) groups is 1. The quantitative estimate of drug-likeness (QED) is 0.291. The molecule has 150 valence electrons. The highest BCUT2D eigenvalue weighted by Gasteiger charge is 2.31. The number of thiocarbonyl (C=S) groups is 1. The molecule has 0 bridgehead atoms. The third-order valence-corrected chi connectivity index (χ3v) is 5.61. The van der Waals surface area contributed by atoms with E-state index in [-0.39, 0.29) is 17.9 Å². The first-order chi connectivity index (χ1) is 14.0. The van der Waals surface area contributed by atoms with Crippen LogP contribution in [0.3, 0.4) is 0 Å². The van der Waals surface area contributed by atoms with Crippen molar-refractivity contribution in [2.75, 3.05) is 6.54 Å². The van der Waals surface area contributed by atoms with E-state index in [0.29, 0.717) is 46.4 Å². The number of nitrogens with zero attached hydrogens (tertiary/aromatic N) is 3. The van der Waals surface area contributed by atoms with E-state index in [1.807, 2.05) is 0 Å². The van der Waals surface area contributed by atoms with Gasteiger partial charge in [0.25, 0.3) is 5.91 Å². The van der Waals surface area contributed by atoms with E-state index in [4.69, 9.17) is 17.3 Å². The number of carbonyl (C=O) groups excluding carboxylic acids is 1. The Morgan fingerprint density at radius 2 is 2.07 bits per heavy atom. The molecule has 1 aliphatic heterocycles. The number of carboxylic acids is 1. The second-order valence-corrected chi connectivity index (χ2v) is 8.00. The first-order valence-electron chi connectivity index (χ1n) is 9.01. The summed E-state index contributed by atoms with van der Waals surface area (Å²) in [4.78, 5) is 33.2. The van der Waals surface area contributed by atoms with Gasteiger partial charge in [0.1, 0.15) is 4.32 Å². The summed E-state index contributed by atoms with van der Waals surface area (Å²) in [6.07, 6.45) is 5.10. The predicted octanol–water partition coefficient (Wildman–Crippen LogP) is 4.13. The highest BCUT2D eigenvalue weighted by atomic mass is 32.2. The summed E-state index contributed by atoms with van der Waals surface area (Å²) in [6.45, 7) is 0.454. The van der Waals surface area contributed by atoms with Gasteiger partial charge < -0.3 is 5.11 Å². The van der Waals surface area contributed by atoms with Gasteiger partial charge in [-0.3, -0.25) is 14.5 Å². The van der Waals surface area contributed by atoms with E-state index in [2.05, 4.69) is 9.97 Å². The summed E-state index contributed by atoms with van der Waals surface area (Å²) >= 11 is 6.50. The largest absolute Gasteiger partial charge is 0.481 e. The summed E-state index contributed by atoms with van der Waals surface area (Å²) < 4.78 is 14.4. The van der Waals surface area contributed by atoms with E-state index in [0.717, 1.165) is 0 Å². The molecule has 2 aromatic rings. The number of hydrogen-bond acceptors (Lipinski definition) is 6. The number of hydrogen-bond donors (Lipinski definition) is 1. The van der Waals surface area contributed by atoms with E-state index in [9.17, 15) is 14.0 Å². The first kappa shape index (κ1) is 21.1. The lowest BCUT2D eigenvalue weighted by molar-refractivity contribution is -0.137. The summed E-state index contributed by atoms with van der Waals surface area (Å²) in [5.74, 6) is -1.62. The Morgan fingerprint density at radius 1 is 1.24 bits per heavy atom. The van der Waals surface area contributed by atoms with Crippen molar-refractivity contribution in [1.82, 2.24) is 14.9 Å². The number of carbonyl (C=O) groups is 2. The number of amides is 1. The smallest absolute Gasteiger partial charge is 0.303 e. The van der Waals surface area contributed by atoms with Gasteiger partial charge in [0.2, 0.25) is 5.95 Å². The summed E-state index contributed by atoms with van der Waals surface area (Å²) in [5, 5.41) is 8.66. The first-order valence-corrected chi connectivity index (χ1v) is 10.2. The second-order valence-electron chi connectivity index (χ2n) is 6.33. The minimum atomic E-state index is -0.820. The summed E-state index contributed by atoms with van der Waals surface area (Å²) in [6, 6.07) is 8.38. The van der Waals surface area contributed by atoms with Crippen LogP contribution in [-0.4, -0.2) is 42.7 Å². The molecule has 1 fully saturated rings. The Bertz CT molecular complexity index is 981. The standard InChI is InChI=1S/C20H18FN3O3S2/c21-18-14(7-5-10-22-18)15-8-4-6-13(23-15)12-16-19(27)24(20(28)29-16)11-3-1-2-9-17(25)26/h4-8,10,12H,1-3,9,11H2,(H,25,26). The molecule has 0 radical (unpaired) electrons.